The molecule has 0 aliphatic heterocycles. The second-order valence-corrected chi connectivity index (χ2v) is 4.18. The Morgan fingerprint density at radius 2 is 2.22 bits per heavy atom. The molecule has 0 N–H and O–H groups in total. The van der Waals surface area contributed by atoms with Gasteiger partial charge >= 0.3 is 5.97 Å². The van der Waals surface area contributed by atoms with Crippen molar-refractivity contribution >= 4 is 29.2 Å². The first-order valence-electron chi connectivity index (χ1n) is 5.16. The zero-order valence-corrected chi connectivity index (χ0v) is 10.9. The minimum atomic E-state index is -0.520. The summed E-state index contributed by atoms with van der Waals surface area (Å²) in [4.78, 5) is 12.7. The maximum absolute atomic E-state index is 11.4. The van der Waals surface area contributed by atoms with Crippen LogP contribution >= 0.6 is 23.2 Å². The van der Waals surface area contributed by atoms with Gasteiger partial charge in [-0.1, -0.05) is 23.2 Å². The Labute approximate surface area is 113 Å². The molecule has 0 aliphatic carbocycles. The van der Waals surface area contributed by atoms with E-state index in [0.717, 1.165) is 0 Å². The molecular formula is C11H9Cl2N3O2. The lowest BCUT2D eigenvalue weighted by atomic mass is 10.3. The van der Waals surface area contributed by atoms with Gasteiger partial charge in [-0.05, 0) is 25.1 Å². The van der Waals surface area contributed by atoms with E-state index in [9.17, 15) is 4.79 Å². The Morgan fingerprint density at radius 1 is 1.44 bits per heavy atom. The largest absolute Gasteiger partial charge is 0.461 e. The summed E-state index contributed by atoms with van der Waals surface area (Å²) in [6.07, 6.45) is 1.32. The fourth-order valence-electron chi connectivity index (χ4n) is 1.32. The molecule has 2 aromatic rings. The fraction of sp³-hybridized carbons (Fsp3) is 0.182. The van der Waals surface area contributed by atoms with E-state index in [-0.39, 0.29) is 12.3 Å². The van der Waals surface area contributed by atoms with E-state index in [1.54, 1.807) is 25.1 Å². The molecule has 0 amide bonds. The molecule has 0 atom stereocenters. The number of benzene rings is 1. The average molecular weight is 286 g/mol. The summed E-state index contributed by atoms with van der Waals surface area (Å²) in [6.45, 7) is 2.01. The van der Waals surface area contributed by atoms with Crippen molar-refractivity contribution in [3.63, 3.8) is 0 Å². The zero-order chi connectivity index (χ0) is 13.1. The van der Waals surface area contributed by atoms with Crippen LogP contribution in [0.4, 0.5) is 0 Å². The lowest BCUT2D eigenvalue weighted by molar-refractivity contribution is 0.0519. The van der Waals surface area contributed by atoms with E-state index in [0.29, 0.717) is 15.7 Å². The monoisotopic (exact) mass is 285 g/mol. The number of aromatic nitrogens is 3. The summed E-state index contributed by atoms with van der Waals surface area (Å²) >= 11 is 11.8. The van der Waals surface area contributed by atoms with Crippen molar-refractivity contribution < 1.29 is 9.53 Å². The minimum absolute atomic E-state index is 0.128. The molecule has 7 heteroatoms. The van der Waals surface area contributed by atoms with E-state index in [1.165, 1.54) is 11.0 Å². The van der Waals surface area contributed by atoms with Crippen LogP contribution in [0.5, 0.6) is 0 Å². The lowest BCUT2D eigenvalue weighted by Crippen LogP contribution is -2.07. The number of hydrogen-bond donors (Lipinski definition) is 0. The third kappa shape index (κ3) is 2.63. The predicted molar refractivity (Wildman–Crippen MR) is 67.3 cm³/mol. The summed E-state index contributed by atoms with van der Waals surface area (Å²) in [5, 5.41) is 8.86. The molecule has 0 aliphatic rings. The van der Waals surface area contributed by atoms with Crippen LogP contribution in [-0.2, 0) is 4.74 Å². The maximum atomic E-state index is 11.4. The van der Waals surface area contributed by atoms with Crippen molar-refractivity contribution in [1.29, 1.82) is 0 Å². The molecule has 0 bridgehead atoms. The molecule has 18 heavy (non-hydrogen) atoms. The van der Waals surface area contributed by atoms with Gasteiger partial charge in [0, 0.05) is 5.02 Å². The molecule has 0 saturated heterocycles. The standard InChI is InChI=1S/C11H9Cl2N3O2/c1-2-18-11(17)9-6-14-16(15-9)10-4-3-7(12)5-8(10)13/h3-6H,2H2,1H3. The third-order valence-corrected chi connectivity index (χ3v) is 2.64. The summed E-state index contributed by atoms with van der Waals surface area (Å²) in [6, 6.07) is 4.90. The molecule has 1 heterocycles. The molecule has 0 saturated carbocycles. The van der Waals surface area contributed by atoms with Gasteiger partial charge in [-0.25, -0.2) is 4.79 Å². The van der Waals surface area contributed by atoms with E-state index in [4.69, 9.17) is 27.9 Å². The van der Waals surface area contributed by atoms with Crippen LogP contribution in [0.3, 0.4) is 0 Å². The van der Waals surface area contributed by atoms with Crippen LogP contribution in [0.15, 0.2) is 24.4 Å². The van der Waals surface area contributed by atoms with E-state index < -0.39 is 5.97 Å². The summed E-state index contributed by atoms with van der Waals surface area (Å²) in [7, 11) is 0. The van der Waals surface area contributed by atoms with Crippen LogP contribution in [0, 0.1) is 0 Å². The highest BCUT2D eigenvalue weighted by atomic mass is 35.5. The van der Waals surface area contributed by atoms with Crippen LogP contribution in [0.25, 0.3) is 5.69 Å². The molecule has 2 rings (SSSR count). The van der Waals surface area contributed by atoms with Gasteiger partial charge in [0.05, 0.1) is 17.8 Å². The molecule has 5 nitrogen and oxygen atoms in total. The van der Waals surface area contributed by atoms with Gasteiger partial charge in [0.25, 0.3) is 0 Å². The van der Waals surface area contributed by atoms with Crippen molar-refractivity contribution in [2.24, 2.45) is 0 Å². The average Bonchev–Trinajstić information content (AvgIpc) is 2.78. The van der Waals surface area contributed by atoms with Gasteiger partial charge in [0.2, 0.25) is 0 Å². The highest BCUT2D eigenvalue weighted by Crippen LogP contribution is 2.23. The van der Waals surface area contributed by atoms with Crippen molar-refractivity contribution in [2.75, 3.05) is 6.61 Å². The van der Waals surface area contributed by atoms with Gasteiger partial charge in [-0.2, -0.15) is 5.10 Å². The van der Waals surface area contributed by atoms with Crippen molar-refractivity contribution in [3.8, 4) is 5.69 Å². The molecule has 1 aromatic carbocycles. The van der Waals surface area contributed by atoms with E-state index in [2.05, 4.69) is 10.2 Å². The quantitative estimate of drug-likeness (QED) is 0.814. The highest BCUT2D eigenvalue weighted by molar-refractivity contribution is 6.35. The van der Waals surface area contributed by atoms with Gasteiger partial charge in [-0.15, -0.1) is 9.90 Å². The summed E-state index contributed by atoms with van der Waals surface area (Å²) < 4.78 is 4.82. The zero-order valence-electron chi connectivity index (χ0n) is 9.43. The number of hydrogen-bond acceptors (Lipinski definition) is 4. The topological polar surface area (TPSA) is 57.0 Å². The normalized spacial score (nSPS) is 10.4. The first-order valence-corrected chi connectivity index (χ1v) is 5.92. The molecule has 0 radical (unpaired) electrons. The SMILES string of the molecule is CCOC(=O)c1cnn(-c2ccc(Cl)cc2Cl)n1. The van der Waals surface area contributed by atoms with Crippen molar-refractivity contribution in [3.05, 3.63) is 40.1 Å². The second-order valence-electron chi connectivity index (χ2n) is 3.34. The Bertz CT molecular complexity index is 583. The predicted octanol–water partition coefficient (Wildman–Crippen LogP) is 2.75. The van der Waals surface area contributed by atoms with E-state index >= 15 is 0 Å². The lowest BCUT2D eigenvalue weighted by Gasteiger charge is -2.02. The molecule has 94 valence electrons. The smallest absolute Gasteiger partial charge is 0.360 e. The fourth-order valence-corrected chi connectivity index (χ4v) is 1.81. The van der Waals surface area contributed by atoms with Crippen LogP contribution in [0.1, 0.15) is 17.4 Å². The van der Waals surface area contributed by atoms with E-state index in [1.807, 2.05) is 0 Å². The van der Waals surface area contributed by atoms with Crippen LogP contribution in [0.2, 0.25) is 10.0 Å². The maximum Gasteiger partial charge on any atom is 0.360 e. The van der Waals surface area contributed by atoms with Crippen molar-refractivity contribution in [2.45, 2.75) is 6.92 Å². The number of carbonyl (C=O) groups excluding carboxylic acids is 1. The summed E-state index contributed by atoms with van der Waals surface area (Å²) in [5.41, 5.74) is 0.666. The Morgan fingerprint density at radius 3 is 2.89 bits per heavy atom. The molecule has 0 fully saturated rings. The number of rotatable bonds is 3. The first kappa shape index (κ1) is 12.9. The summed E-state index contributed by atoms with van der Waals surface area (Å²) in [5.74, 6) is -0.520. The molecule has 1 aromatic heterocycles. The van der Waals surface area contributed by atoms with Gasteiger partial charge < -0.3 is 4.74 Å². The molecule has 0 unspecified atom stereocenters. The molecular weight excluding hydrogens is 277 g/mol. The third-order valence-electron chi connectivity index (χ3n) is 2.10. The molecule has 0 spiro atoms. The minimum Gasteiger partial charge on any atom is -0.461 e. The Balaban J connectivity index is 2.32. The van der Waals surface area contributed by atoms with Crippen LogP contribution in [-0.4, -0.2) is 27.6 Å². The number of halogens is 2. The number of nitrogens with zero attached hydrogens (tertiary/aromatic N) is 3. The van der Waals surface area contributed by atoms with Gasteiger partial charge in [-0.3, -0.25) is 0 Å². The Kier molecular flexibility index (Phi) is 3.84. The number of esters is 1. The highest BCUT2D eigenvalue weighted by Gasteiger charge is 2.13. The Hall–Kier alpha value is -1.59. The second kappa shape index (κ2) is 5.37. The first-order chi connectivity index (χ1) is 8.61. The van der Waals surface area contributed by atoms with Gasteiger partial charge in [0.15, 0.2) is 5.69 Å². The van der Waals surface area contributed by atoms with Crippen LogP contribution < -0.4 is 0 Å². The van der Waals surface area contributed by atoms with Crippen molar-refractivity contribution in [1.82, 2.24) is 15.0 Å². The number of carbonyl (C=O) groups is 1. The van der Waals surface area contributed by atoms with Gasteiger partial charge in [0.1, 0.15) is 5.69 Å². The number of ether oxygens (including phenoxy) is 1.